The first-order valence-corrected chi connectivity index (χ1v) is 5.55. The van der Waals surface area contributed by atoms with Crippen LogP contribution in [0.1, 0.15) is 0 Å². The van der Waals surface area contributed by atoms with Crippen LogP contribution < -0.4 is 0 Å². The summed E-state index contributed by atoms with van der Waals surface area (Å²) < 4.78 is 44.7. The Hall–Kier alpha value is -2.70. The zero-order chi connectivity index (χ0) is 14.1. The molecule has 0 radical (unpaired) electrons. The van der Waals surface area contributed by atoms with Crippen LogP contribution in [0.15, 0.2) is 41.1 Å². The van der Waals surface area contributed by atoms with Gasteiger partial charge in [0.1, 0.15) is 11.5 Å². The highest BCUT2D eigenvalue weighted by atomic mass is 19.2. The molecule has 3 aromatic rings. The maximum absolute atomic E-state index is 13.6. The van der Waals surface area contributed by atoms with Gasteiger partial charge in [-0.15, -0.1) is 0 Å². The van der Waals surface area contributed by atoms with Gasteiger partial charge in [0.05, 0.1) is 5.56 Å². The predicted molar refractivity (Wildman–Crippen MR) is 62.8 cm³/mol. The minimum atomic E-state index is -1.32. The summed E-state index contributed by atoms with van der Waals surface area (Å²) in [6.45, 7) is 0. The van der Waals surface area contributed by atoms with Crippen molar-refractivity contribution in [1.29, 1.82) is 0 Å². The molecule has 4 nitrogen and oxygen atoms in total. The van der Waals surface area contributed by atoms with Crippen molar-refractivity contribution in [2.75, 3.05) is 0 Å². The van der Waals surface area contributed by atoms with Crippen molar-refractivity contribution in [2.24, 2.45) is 0 Å². The van der Waals surface area contributed by atoms with Crippen LogP contribution in [-0.4, -0.2) is 15.1 Å². The summed E-state index contributed by atoms with van der Waals surface area (Å²) >= 11 is 0. The molecule has 0 unspecified atom stereocenters. The number of hydrogen-bond donors (Lipinski definition) is 0. The average molecular weight is 277 g/mol. The summed E-state index contributed by atoms with van der Waals surface area (Å²) in [6, 6.07) is 6.26. The van der Waals surface area contributed by atoms with Crippen LogP contribution in [0, 0.1) is 17.5 Å². The second-order valence-corrected chi connectivity index (χ2v) is 3.89. The lowest BCUT2D eigenvalue weighted by molar-refractivity contribution is 0.425. The second kappa shape index (κ2) is 4.76. The van der Waals surface area contributed by atoms with E-state index in [1.807, 2.05) is 0 Å². The highest BCUT2D eigenvalue weighted by molar-refractivity contribution is 5.58. The molecule has 0 spiro atoms. The van der Waals surface area contributed by atoms with Crippen molar-refractivity contribution < 1.29 is 17.7 Å². The first-order valence-electron chi connectivity index (χ1n) is 5.55. The van der Waals surface area contributed by atoms with E-state index in [0.717, 1.165) is 6.07 Å². The molecule has 2 heterocycles. The monoisotopic (exact) mass is 277 g/mol. The Balaban J connectivity index is 2.07. The first kappa shape index (κ1) is 12.3. The van der Waals surface area contributed by atoms with Crippen molar-refractivity contribution in [3.8, 4) is 23.0 Å². The van der Waals surface area contributed by atoms with E-state index in [1.165, 1.54) is 6.20 Å². The Labute approximate surface area is 110 Å². The van der Waals surface area contributed by atoms with E-state index in [-0.39, 0.29) is 11.7 Å². The maximum atomic E-state index is 13.6. The number of rotatable bonds is 2. The van der Waals surface area contributed by atoms with Gasteiger partial charge in [0.2, 0.25) is 5.82 Å². The smallest absolute Gasteiger partial charge is 0.261 e. The van der Waals surface area contributed by atoms with E-state index >= 15 is 0 Å². The van der Waals surface area contributed by atoms with Gasteiger partial charge in [-0.25, -0.2) is 13.2 Å². The highest BCUT2D eigenvalue weighted by Gasteiger charge is 2.19. The lowest BCUT2D eigenvalue weighted by atomic mass is 10.2. The van der Waals surface area contributed by atoms with Gasteiger partial charge in [-0.1, -0.05) is 11.2 Å². The highest BCUT2D eigenvalue weighted by Crippen LogP contribution is 2.26. The standard InChI is InChI=1S/C13H6F3N3O/c14-7-5-8(11(16)9(15)6-7)13-18-12(19-20-13)10-3-1-2-4-17-10/h1-6H. The van der Waals surface area contributed by atoms with Gasteiger partial charge in [0.15, 0.2) is 11.6 Å². The Kier molecular flexibility index (Phi) is 2.94. The van der Waals surface area contributed by atoms with Gasteiger partial charge < -0.3 is 4.52 Å². The van der Waals surface area contributed by atoms with Crippen LogP contribution in [0.2, 0.25) is 0 Å². The van der Waals surface area contributed by atoms with E-state index in [1.54, 1.807) is 18.2 Å². The lowest BCUT2D eigenvalue weighted by Crippen LogP contribution is -1.92. The van der Waals surface area contributed by atoms with E-state index in [4.69, 9.17) is 4.52 Å². The molecule has 0 aliphatic heterocycles. The van der Waals surface area contributed by atoms with Crippen LogP contribution in [0.5, 0.6) is 0 Å². The molecule has 0 saturated carbocycles. The fraction of sp³-hybridized carbons (Fsp3) is 0. The van der Waals surface area contributed by atoms with E-state index in [2.05, 4.69) is 15.1 Å². The van der Waals surface area contributed by atoms with Gasteiger partial charge in [0.25, 0.3) is 5.89 Å². The summed E-state index contributed by atoms with van der Waals surface area (Å²) in [5.74, 6) is -3.72. The fourth-order valence-electron chi connectivity index (χ4n) is 1.64. The molecule has 7 heteroatoms. The summed E-state index contributed by atoms with van der Waals surface area (Å²) in [4.78, 5) is 7.87. The van der Waals surface area contributed by atoms with Crippen LogP contribution in [-0.2, 0) is 0 Å². The minimum absolute atomic E-state index is 0.102. The molecule has 0 aliphatic rings. The van der Waals surface area contributed by atoms with E-state index in [0.29, 0.717) is 11.8 Å². The third kappa shape index (κ3) is 2.13. The normalized spacial score (nSPS) is 10.8. The van der Waals surface area contributed by atoms with Crippen molar-refractivity contribution in [3.05, 3.63) is 54.0 Å². The topological polar surface area (TPSA) is 51.8 Å². The number of pyridine rings is 1. The van der Waals surface area contributed by atoms with E-state index < -0.39 is 23.0 Å². The molecule has 0 N–H and O–H groups in total. The number of hydrogen-bond acceptors (Lipinski definition) is 4. The number of benzene rings is 1. The third-order valence-corrected chi connectivity index (χ3v) is 2.54. The molecule has 0 atom stereocenters. The van der Waals surface area contributed by atoms with Crippen LogP contribution in [0.25, 0.3) is 23.0 Å². The molecule has 3 rings (SSSR count). The van der Waals surface area contributed by atoms with Crippen LogP contribution >= 0.6 is 0 Å². The molecule has 0 fully saturated rings. The molecule has 2 aromatic heterocycles. The van der Waals surface area contributed by atoms with Crippen molar-refractivity contribution >= 4 is 0 Å². The molecule has 0 bridgehead atoms. The number of nitrogens with zero attached hydrogens (tertiary/aromatic N) is 3. The van der Waals surface area contributed by atoms with E-state index in [9.17, 15) is 13.2 Å². The SMILES string of the molecule is Fc1cc(F)c(F)c(-c2nc(-c3ccccn3)no2)c1. The summed E-state index contributed by atoms with van der Waals surface area (Å²) in [5.41, 5.74) is -0.0306. The molecule has 0 aliphatic carbocycles. The van der Waals surface area contributed by atoms with Gasteiger partial charge in [-0.05, 0) is 18.2 Å². The first-order chi connectivity index (χ1) is 9.65. The molecule has 100 valence electrons. The predicted octanol–water partition coefficient (Wildman–Crippen LogP) is 3.22. The molecular formula is C13H6F3N3O. The molecule has 0 saturated heterocycles. The zero-order valence-electron chi connectivity index (χ0n) is 9.85. The Morgan fingerprint density at radius 2 is 1.90 bits per heavy atom. The molecule has 1 aromatic carbocycles. The summed E-state index contributed by atoms with van der Waals surface area (Å²) in [5, 5.41) is 3.60. The van der Waals surface area contributed by atoms with Crippen molar-refractivity contribution in [1.82, 2.24) is 15.1 Å². The Morgan fingerprint density at radius 1 is 1.05 bits per heavy atom. The molecule has 20 heavy (non-hydrogen) atoms. The Morgan fingerprint density at radius 3 is 2.65 bits per heavy atom. The fourth-order valence-corrected chi connectivity index (χ4v) is 1.64. The van der Waals surface area contributed by atoms with Crippen LogP contribution in [0.3, 0.4) is 0 Å². The number of aromatic nitrogens is 3. The van der Waals surface area contributed by atoms with Crippen molar-refractivity contribution in [3.63, 3.8) is 0 Å². The van der Waals surface area contributed by atoms with Crippen molar-refractivity contribution in [2.45, 2.75) is 0 Å². The average Bonchev–Trinajstić information content (AvgIpc) is 2.93. The molecule has 0 amide bonds. The third-order valence-electron chi connectivity index (χ3n) is 2.54. The Bertz CT molecular complexity index is 759. The van der Waals surface area contributed by atoms with Gasteiger partial charge >= 0.3 is 0 Å². The zero-order valence-corrected chi connectivity index (χ0v) is 9.85. The van der Waals surface area contributed by atoms with Gasteiger partial charge in [-0.2, -0.15) is 4.98 Å². The largest absolute Gasteiger partial charge is 0.333 e. The number of halogens is 3. The van der Waals surface area contributed by atoms with Crippen LogP contribution in [0.4, 0.5) is 13.2 Å². The van der Waals surface area contributed by atoms with Gasteiger partial charge in [-0.3, -0.25) is 4.98 Å². The lowest BCUT2D eigenvalue weighted by Gasteiger charge is -1.98. The second-order valence-electron chi connectivity index (χ2n) is 3.89. The maximum Gasteiger partial charge on any atom is 0.261 e. The summed E-state index contributed by atoms with van der Waals surface area (Å²) in [7, 11) is 0. The molecular weight excluding hydrogens is 271 g/mol. The van der Waals surface area contributed by atoms with Gasteiger partial charge in [0, 0.05) is 12.3 Å². The quantitative estimate of drug-likeness (QED) is 0.675. The minimum Gasteiger partial charge on any atom is -0.333 e. The summed E-state index contributed by atoms with van der Waals surface area (Å²) in [6.07, 6.45) is 1.52.